The van der Waals surface area contributed by atoms with Crippen LogP contribution in [0, 0.1) is 0 Å². The number of hydrogen-bond acceptors (Lipinski definition) is 4. The SMILES string of the molecule is COCC(NS(=O)(=O)c1ccc2c(c1)CC(C)O2)C(F)(F)F. The lowest BCUT2D eigenvalue weighted by molar-refractivity contribution is -0.161. The van der Waals surface area contributed by atoms with Gasteiger partial charge < -0.3 is 9.47 Å². The Balaban J connectivity index is 2.25. The minimum atomic E-state index is -4.74. The highest BCUT2D eigenvalue weighted by molar-refractivity contribution is 7.89. The van der Waals surface area contributed by atoms with Crippen molar-refractivity contribution >= 4 is 10.0 Å². The first-order chi connectivity index (χ1) is 10.1. The van der Waals surface area contributed by atoms with Crippen molar-refractivity contribution in [1.29, 1.82) is 0 Å². The first kappa shape index (κ1) is 17.0. The van der Waals surface area contributed by atoms with Crippen LogP contribution in [0.15, 0.2) is 23.1 Å². The molecule has 0 fully saturated rings. The zero-order valence-electron chi connectivity index (χ0n) is 12.0. The molecular formula is C13H16F3NO4S. The fraction of sp³-hybridized carbons (Fsp3) is 0.538. The Morgan fingerprint density at radius 2 is 2.14 bits per heavy atom. The van der Waals surface area contributed by atoms with E-state index in [1.54, 1.807) is 4.72 Å². The average molecular weight is 339 g/mol. The largest absolute Gasteiger partial charge is 0.490 e. The van der Waals surface area contributed by atoms with Gasteiger partial charge in [0.2, 0.25) is 10.0 Å². The van der Waals surface area contributed by atoms with Crippen LogP contribution < -0.4 is 9.46 Å². The molecule has 0 bridgehead atoms. The van der Waals surface area contributed by atoms with Crippen LogP contribution in [0.5, 0.6) is 5.75 Å². The standard InChI is InChI=1S/C13H16F3NO4S/c1-8-5-9-6-10(3-4-11(9)21-8)22(18,19)17-12(7-20-2)13(14,15)16/h3-4,6,8,12,17H,5,7H2,1-2H3. The number of fused-ring (bicyclic) bond motifs is 1. The number of rotatable bonds is 5. The maximum atomic E-state index is 12.8. The molecule has 0 aromatic heterocycles. The van der Waals surface area contributed by atoms with Gasteiger partial charge in [-0.05, 0) is 30.7 Å². The second-order valence-corrected chi connectivity index (χ2v) is 6.79. The summed E-state index contributed by atoms with van der Waals surface area (Å²) in [6, 6.07) is 1.71. The summed E-state index contributed by atoms with van der Waals surface area (Å²) >= 11 is 0. The Kier molecular flexibility index (Phi) is 4.69. The van der Waals surface area contributed by atoms with Crippen LogP contribution >= 0.6 is 0 Å². The number of nitrogens with one attached hydrogen (secondary N) is 1. The highest BCUT2D eigenvalue weighted by atomic mass is 32.2. The van der Waals surface area contributed by atoms with Crippen LogP contribution in [0.2, 0.25) is 0 Å². The van der Waals surface area contributed by atoms with Gasteiger partial charge in [0.05, 0.1) is 11.5 Å². The molecule has 2 unspecified atom stereocenters. The Hall–Kier alpha value is -1.32. The third-order valence-corrected chi connectivity index (χ3v) is 4.67. The van der Waals surface area contributed by atoms with Gasteiger partial charge in [-0.3, -0.25) is 0 Å². The van der Waals surface area contributed by atoms with Gasteiger partial charge in [0.1, 0.15) is 17.9 Å². The van der Waals surface area contributed by atoms with Crippen LogP contribution in [0.3, 0.4) is 0 Å². The molecule has 9 heteroatoms. The molecule has 1 N–H and O–H groups in total. The fourth-order valence-electron chi connectivity index (χ4n) is 2.18. The van der Waals surface area contributed by atoms with Gasteiger partial charge in [-0.25, -0.2) is 8.42 Å². The maximum Gasteiger partial charge on any atom is 0.407 e. The van der Waals surface area contributed by atoms with Gasteiger partial charge >= 0.3 is 6.18 Å². The maximum absolute atomic E-state index is 12.8. The van der Waals surface area contributed by atoms with E-state index in [1.807, 2.05) is 6.92 Å². The predicted octanol–water partition coefficient (Wildman–Crippen LogP) is 1.87. The van der Waals surface area contributed by atoms with Gasteiger partial charge in [0.25, 0.3) is 0 Å². The molecule has 5 nitrogen and oxygen atoms in total. The van der Waals surface area contributed by atoms with E-state index in [2.05, 4.69) is 4.74 Å². The van der Waals surface area contributed by atoms with Crippen LogP contribution in [-0.2, 0) is 21.2 Å². The lowest BCUT2D eigenvalue weighted by atomic mass is 10.1. The number of hydrogen-bond donors (Lipinski definition) is 1. The molecule has 0 saturated carbocycles. The highest BCUT2D eigenvalue weighted by Crippen LogP contribution is 2.31. The highest BCUT2D eigenvalue weighted by Gasteiger charge is 2.42. The summed E-state index contributed by atoms with van der Waals surface area (Å²) in [6.07, 6.45) is -4.31. The van der Waals surface area contributed by atoms with E-state index >= 15 is 0 Å². The molecule has 1 aromatic rings. The van der Waals surface area contributed by atoms with Gasteiger partial charge in [0.15, 0.2) is 0 Å². The lowest BCUT2D eigenvalue weighted by Gasteiger charge is -2.20. The van der Waals surface area contributed by atoms with Crippen LogP contribution in [0.1, 0.15) is 12.5 Å². The molecule has 2 rings (SSSR count). The van der Waals surface area contributed by atoms with Gasteiger partial charge in [-0.2, -0.15) is 17.9 Å². The van der Waals surface area contributed by atoms with Crippen molar-refractivity contribution in [1.82, 2.24) is 4.72 Å². The number of methoxy groups -OCH3 is 1. The monoisotopic (exact) mass is 339 g/mol. The molecule has 0 saturated heterocycles. The van der Waals surface area contributed by atoms with Crippen molar-refractivity contribution in [2.45, 2.75) is 36.6 Å². The van der Waals surface area contributed by atoms with E-state index in [9.17, 15) is 21.6 Å². The van der Waals surface area contributed by atoms with Crippen LogP contribution in [-0.4, -0.2) is 40.5 Å². The quantitative estimate of drug-likeness (QED) is 0.889. The molecule has 2 atom stereocenters. The summed E-state index contributed by atoms with van der Waals surface area (Å²) in [4.78, 5) is -0.227. The summed E-state index contributed by atoms with van der Waals surface area (Å²) in [5, 5.41) is 0. The molecule has 124 valence electrons. The van der Waals surface area contributed by atoms with Gasteiger partial charge in [0, 0.05) is 13.5 Å². The van der Waals surface area contributed by atoms with E-state index in [-0.39, 0.29) is 11.0 Å². The Morgan fingerprint density at radius 3 is 2.73 bits per heavy atom. The predicted molar refractivity (Wildman–Crippen MR) is 72.3 cm³/mol. The first-order valence-corrected chi connectivity index (χ1v) is 7.99. The summed E-state index contributed by atoms with van der Waals surface area (Å²) < 4.78 is 74.2. The molecule has 1 aromatic carbocycles. The van der Waals surface area contributed by atoms with Crippen LogP contribution in [0.25, 0.3) is 0 Å². The van der Waals surface area contributed by atoms with E-state index < -0.39 is 28.8 Å². The zero-order chi connectivity index (χ0) is 16.5. The summed E-state index contributed by atoms with van der Waals surface area (Å²) in [6.45, 7) is 1.03. The molecule has 0 spiro atoms. The van der Waals surface area contributed by atoms with Crippen molar-refractivity contribution in [2.75, 3.05) is 13.7 Å². The second-order valence-electron chi connectivity index (χ2n) is 5.07. The molecular weight excluding hydrogens is 323 g/mol. The van der Waals surface area contributed by atoms with Crippen molar-refractivity contribution in [3.05, 3.63) is 23.8 Å². The first-order valence-electron chi connectivity index (χ1n) is 6.51. The molecule has 0 aliphatic carbocycles. The smallest absolute Gasteiger partial charge is 0.407 e. The van der Waals surface area contributed by atoms with Gasteiger partial charge in [-0.1, -0.05) is 0 Å². The number of alkyl halides is 3. The molecule has 22 heavy (non-hydrogen) atoms. The summed E-state index contributed by atoms with van der Waals surface area (Å²) in [5.41, 5.74) is 0.658. The Labute approximate surface area is 126 Å². The zero-order valence-corrected chi connectivity index (χ0v) is 12.8. The third kappa shape index (κ3) is 3.71. The van der Waals surface area contributed by atoms with Crippen molar-refractivity contribution in [2.24, 2.45) is 0 Å². The number of ether oxygens (including phenoxy) is 2. The molecule has 1 heterocycles. The summed E-state index contributed by atoms with van der Waals surface area (Å²) in [7, 11) is -3.24. The number of benzene rings is 1. The van der Waals surface area contributed by atoms with E-state index in [0.29, 0.717) is 17.7 Å². The minimum absolute atomic E-state index is 0.0858. The normalized spacial score (nSPS) is 19.6. The molecule has 1 aliphatic heterocycles. The molecule has 0 amide bonds. The van der Waals surface area contributed by atoms with E-state index in [4.69, 9.17) is 4.74 Å². The number of sulfonamides is 1. The van der Waals surface area contributed by atoms with Crippen LogP contribution in [0.4, 0.5) is 13.2 Å². The Morgan fingerprint density at radius 1 is 1.45 bits per heavy atom. The third-order valence-electron chi connectivity index (χ3n) is 3.20. The lowest BCUT2D eigenvalue weighted by Crippen LogP contribution is -2.48. The molecule has 1 aliphatic rings. The Bertz CT molecular complexity index is 645. The summed E-state index contributed by atoms with van der Waals surface area (Å²) in [5.74, 6) is 0.552. The second kappa shape index (κ2) is 6.05. The topological polar surface area (TPSA) is 64.6 Å². The van der Waals surface area contributed by atoms with Gasteiger partial charge in [-0.15, -0.1) is 0 Å². The molecule has 0 radical (unpaired) electrons. The van der Waals surface area contributed by atoms with Crippen molar-refractivity contribution in [3.8, 4) is 5.75 Å². The van der Waals surface area contributed by atoms with E-state index in [0.717, 1.165) is 7.11 Å². The van der Waals surface area contributed by atoms with E-state index in [1.165, 1.54) is 18.2 Å². The van der Waals surface area contributed by atoms with Crippen molar-refractivity contribution in [3.63, 3.8) is 0 Å². The van der Waals surface area contributed by atoms with Crippen molar-refractivity contribution < 1.29 is 31.1 Å². The fourth-order valence-corrected chi connectivity index (χ4v) is 3.44. The minimum Gasteiger partial charge on any atom is -0.490 e. The average Bonchev–Trinajstić information content (AvgIpc) is 2.76. The number of halogens is 3.